The van der Waals surface area contributed by atoms with Gasteiger partial charge in [0.1, 0.15) is 6.10 Å². The zero-order valence-corrected chi connectivity index (χ0v) is 18.1. The lowest BCUT2D eigenvalue weighted by Gasteiger charge is -2.22. The van der Waals surface area contributed by atoms with Gasteiger partial charge in [0.15, 0.2) is 6.61 Å². The minimum Gasteiger partial charge on any atom is -0.472 e. The molecule has 0 aliphatic carbocycles. The maximum absolute atomic E-state index is 12.7. The number of aromatic nitrogens is 1. The van der Waals surface area contributed by atoms with Crippen molar-refractivity contribution in [1.29, 1.82) is 0 Å². The molecule has 3 aromatic rings. The molecule has 33 heavy (non-hydrogen) atoms. The number of hydrogen-bond donors (Lipinski definition) is 1. The molecular weight excluding hydrogens is 433 g/mol. The van der Waals surface area contributed by atoms with Gasteiger partial charge in [0.2, 0.25) is 5.88 Å². The monoisotopic (exact) mass is 459 g/mol. The SMILES string of the molecule is CC(O)c1ccccc1-c1ccc(N2CCC(Oc3ccc(C(F)(F)F)cn3)C2)c(C[OH2+])c1. The molecule has 4 rings (SSSR count). The van der Waals surface area contributed by atoms with Crippen molar-refractivity contribution in [2.75, 3.05) is 18.0 Å². The highest BCUT2D eigenvalue weighted by atomic mass is 19.4. The highest BCUT2D eigenvalue weighted by Crippen LogP contribution is 2.34. The van der Waals surface area contributed by atoms with Gasteiger partial charge in [-0.3, -0.25) is 0 Å². The van der Waals surface area contributed by atoms with Crippen LogP contribution in [0.1, 0.15) is 36.1 Å². The highest BCUT2D eigenvalue weighted by molar-refractivity contribution is 5.72. The van der Waals surface area contributed by atoms with E-state index in [1.54, 1.807) is 6.92 Å². The number of nitrogens with zero attached hydrogens (tertiary/aromatic N) is 2. The molecule has 0 radical (unpaired) electrons. The fourth-order valence-electron chi connectivity index (χ4n) is 4.16. The first-order valence-corrected chi connectivity index (χ1v) is 10.8. The third-order valence-electron chi connectivity index (χ3n) is 5.83. The molecule has 2 unspecified atom stereocenters. The lowest BCUT2D eigenvalue weighted by atomic mass is 9.95. The number of halogens is 3. The topological polar surface area (TPSA) is 68.5 Å². The van der Waals surface area contributed by atoms with Crippen molar-refractivity contribution in [1.82, 2.24) is 4.98 Å². The second-order valence-electron chi connectivity index (χ2n) is 8.14. The molecule has 174 valence electrons. The van der Waals surface area contributed by atoms with E-state index in [9.17, 15) is 18.3 Å². The van der Waals surface area contributed by atoms with Crippen molar-refractivity contribution in [2.45, 2.75) is 38.3 Å². The van der Waals surface area contributed by atoms with Gasteiger partial charge >= 0.3 is 6.18 Å². The third-order valence-corrected chi connectivity index (χ3v) is 5.83. The molecule has 1 aliphatic rings. The zero-order valence-electron chi connectivity index (χ0n) is 18.1. The molecule has 1 fully saturated rings. The van der Waals surface area contributed by atoms with Gasteiger partial charge in [-0.05, 0) is 41.8 Å². The predicted octanol–water partition coefficient (Wildman–Crippen LogP) is 4.70. The van der Waals surface area contributed by atoms with Gasteiger partial charge in [0.25, 0.3) is 0 Å². The van der Waals surface area contributed by atoms with Gasteiger partial charge in [-0.15, -0.1) is 0 Å². The van der Waals surface area contributed by atoms with E-state index in [4.69, 9.17) is 9.84 Å². The van der Waals surface area contributed by atoms with Crippen LogP contribution in [0.4, 0.5) is 18.9 Å². The van der Waals surface area contributed by atoms with E-state index in [0.717, 1.165) is 40.2 Å². The first-order valence-electron chi connectivity index (χ1n) is 10.8. The van der Waals surface area contributed by atoms with Crippen LogP contribution in [0.2, 0.25) is 0 Å². The van der Waals surface area contributed by atoms with Gasteiger partial charge < -0.3 is 19.8 Å². The molecule has 1 aliphatic heterocycles. The third kappa shape index (κ3) is 5.12. The molecular formula is C25H26F3N2O3+. The molecule has 2 heterocycles. The summed E-state index contributed by atoms with van der Waals surface area (Å²) in [5.74, 6) is 0.167. The van der Waals surface area contributed by atoms with Crippen LogP contribution in [0, 0.1) is 0 Å². The summed E-state index contributed by atoms with van der Waals surface area (Å²) in [7, 11) is 0. The van der Waals surface area contributed by atoms with Gasteiger partial charge in [0.05, 0.1) is 23.8 Å². The Morgan fingerprint density at radius 3 is 2.64 bits per heavy atom. The van der Waals surface area contributed by atoms with Crippen molar-refractivity contribution in [3.63, 3.8) is 0 Å². The Labute approximate surface area is 190 Å². The number of hydrogen-bond acceptors (Lipinski definition) is 4. The van der Waals surface area contributed by atoms with Crippen LogP contribution in [0.15, 0.2) is 60.8 Å². The van der Waals surface area contributed by atoms with E-state index in [-0.39, 0.29) is 18.6 Å². The van der Waals surface area contributed by atoms with Crippen LogP contribution in [0.5, 0.6) is 5.88 Å². The fraction of sp³-hybridized carbons (Fsp3) is 0.320. The first kappa shape index (κ1) is 23.1. The lowest BCUT2D eigenvalue weighted by Crippen LogP contribution is -2.25. The second kappa shape index (κ2) is 9.41. The Hall–Kier alpha value is -3.10. The Morgan fingerprint density at radius 1 is 1.18 bits per heavy atom. The van der Waals surface area contributed by atoms with Crippen molar-refractivity contribution in [2.24, 2.45) is 0 Å². The molecule has 0 bridgehead atoms. The van der Waals surface area contributed by atoms with E-state index in [2.05, 4.69) is 9.88 Å². The maximum Gasteiger partial charge on any atom is 0.417 e. The normalized spacial score (nSPS) is 17.3. The van der Waals surface area contributed by atoms with Crippen LogP contribution in [-0.2, 0) is 12.8 Å². The van der Waals surface area contributed by atoms with E-state index in [0.29, 0.717) is 19.5 Å². The molecule has 0 saturated carbocycles. The molecule has 2 aromatic carbocycles. The fourth-order valence-corrected chi connectivity index (χ4v) is 4.16. The number of ether oxygens (including phenoxy) is 1. The van der Waals surface area contributed by atoms with Crippen molar-refractivity contribution in [3.8, 4) is 17.0 Å². The zero-order chi connectivity index (χ0) is 23.6. The minimum absolute atomic E-state index is 0.0997. The quantitative estimate of drug-likeness (QED) is 0.543. The van der Waals surface area contributed by atoms with Crippen LogP contribution >= 0.6 is 0 Å². The van der Waals surface area contributed by atoms with Gasteiger partial charge in [-0.2, -0.15) is 13.2 Å². The molecule has 3 N–H and O–H groups in total. The van der Waals surface area contributed by atoms with Crippen molar-refractivity contribution < 1.29 is 28.1 Å². The largest absolute Gasteiger partial charge is 0.472 e. The van der Waals surface area contributed by atoms with E-state index in [1.807, 2.05) is 42.5 Å². The number of aliphatic hydroxyl groups is 1. The van der Waals surface area contributed by atoms with Crippen LogP contribution in [0.3, 0.4) is 0 Å². The summed E-state index contributed by atoms with van der Waals surface area (Å²) in [4.78, 5) is 5.92. The Kier molecular flexibility index (Phi) is 6.58. The summed E-state index contributed by atoms with van der Waals surface area (Å²) in [6.07, 6.45) is -3.75. The summed E-state index contributed by atoms with van der Waals surface area (Å²) in [5, 5.41) is 18.1. The maximum atomic E-state index is 12.7. The minimum atomic E-state index is -4.43. The molecule has 1 aromatic heterocycles. The average Bonchev–Trinajstić information content (AvgIpc) is 3.26. The average molecular weight is 459 g/mol. The predicted molar refractivity (Wildman–Crippen MR) is 120 cm³/mol. The highest BCUT2D eigenvalue weighted by Gasteiger charge is 2.31. The van der Waals surface area contributed by atoms with Crippen molar-refractivity contribution in [3.05, 3.63) is 77.5 Å². The number of benzene rings is 2. The number of alkyl halides is 3. The van der Waals surface area contributed by atoms with E-state index in [1.165, 1.54) is 6.07 Å². The van der Waals surface area contributed by atoms with Crippen LogP contribution < -0.4 is 9.64 Å². The molecule has 5 nitrogen and oxygen atoms in total. The van der Waals surface area contributed by atoms with E-state index < -0.39 is 17.8 Å². The first-order chi connectivity index (χ1) is 15.8. The summed E-state index contributed by atoms with van der Waals surface area (Å²) in [5.41, 5.74) is 3.71. The summed E-state index contributed by atoms with van der Waals surface area (Å²) < 4.78 is 44.0. The van der Waals surface area contributed by atoms with Crippen LogP contribution in [0.25, 0.3) is 11.1 Å². The summed E-state index contributed by atoms with van der Waals surface area (Å²) >= 11 is 0. The molecule has 8 heteroatoms. The van der Waals surface area contributed by atoms with Crippen LogP contribution in [-0.4, -0.2) is 34.4 Å². The van der Waals surface area contributed by atoms with E-state index >= 15 is 0 Å². The standard InChI is InChI=1S/C25H25F3N2O3/c1-16(32)21-4-2-3-5-22(21)17-6-8-23(18(12-17)15-31)30-11-10-20(14-30)33-24-9-7-19(13-29-24)25(26,27)28/h2-9,12-13,16,20,31-32H,10-11,14-15H2,1H3/p+1. The number of anilines is 1. The van der Waals surface area contributed by atoms with Gasteiger partial charge in [0, 0.05) is 30.9 Å². The van der Waals surface area contributed by atoms with Gasteiger partial charge in [-0.1, -0.05) is 30.3 Å². The Morgan fingerprint density at radius 2 is 1.97 bits per heavy atom. The summed E-state index contributed by atoms with van der Waals surface area (Å²) in [6.45, 7) is 3.10. The number of pyridine rings is 1. The Balaban J connectivity index is 1.49. The molecule has 0 spiro atoms. The summed E-state index contributed by atoms with van der Waals surface area (Å²) in [6, 6.07) is 15.8. The van der Waals surface area contributed by atoms with Crippen molar-refractivity contribution >= 4 is 5.69 Å². The molecule has 1 saturated heterocycles. The second-order valence-corrected chi connectivity index (χ2v) is 8.14. The number of aliphatic hydroxyl groups excluding tert-OH is 1. The molecule has 0 amide bonds. The van der Waals surface area contributed by atoms with Gasteiger partial charge in [-0.25, -0.2) is 4.98 Å². The number of rotatable bonds is 6. The smallest absolute Gasteiger partial charge is 0.417 e. The molecule has 2 atom stereocenters. The Bertz CT molecular complexity index is 1100. The lowest BCUT2D eigenvalue weighted by molar-refractivity contribution is -0.137.